The summed E-state index contributed by atoms with van der Waals surface area (Å²) >= 11 is 0. The Balaban J connectivity index is 1.46. The van der Waals surface area contributed by atoms with Gasteiger partial charge in [-0.3, -0.25) is 9.80 Å². The molecule has 2 aromatic carbocycles. The maximum Gasteiger partial charge on any atom is 0.330 e. The molecule has 5 rings (SSSR count). The fourth-order valence-electron chi connectivity index (χ4n) is 6.09. The minimum atomic E-state index is -0.370. The minimum Gasteiger partial charge on any atom is -0.495 e. The molecule has 2 aromatic rings. The van der Waals surface area contributed by atoms with Crippen LogP contribution in [0.4, 0.5) is 21.9 Å². The van der Waals surface area contributed by atoms with Crippen LogP contribution in [0.15, 0.2) is 65.2 Å². The summed E-state index contributed by atoms with van der Waals surface area (Å²) in [6.45, 7) is 12.8. The van der Waals surface area contributed by atoms with Gasteiger partial charge in [-0.15, -0.1) is 0 Å². The fraction of sp³-hybridized carbons (Fsp3) is 0.471. The summed E-state index contributed by atoms with van der Waals surface area (Å²) in [6, 6.07) is 12.7. The summed E-state index contributed by atoms with van der Waals surface area (Å²) in [7, 11) is 3.88. The van der Waals surface area contributed by atoms with E-state index in [0.717, 1.165) is 90.8 Å². The zero-order chi connectivity index (χ0) is 29.8. The van der Waals surface area contributed by atoms with E-state index in [0.29, 0.717) is 6.54 Å². The number of para-hydroxylation sites is 1. The van der Waals surface area contributed by atoms with Crippen molar-refractivity contribution in [2.75, 3.05) is 62.0 Å². The number of benzene rings is 2. The third-order valence-electron chi connectivity index (χ3n) is 8.77. The Kier molecular flexibility index (Phi) is 9.21. The first-order valence-corrected chi connectivity index (χ1v) is 15.3. The van der Waals surface area contributed by atoms with Crippen LogP contribution in [0.5, 0.6) is 5.75 Å². The Bertz CT molecular complexity index is 1350. The molecule has 0 aromatic heterocycles. The van der Waals surface area contributed by atoms with Gasteiger partial charge in [-0.2, -0.15) is 0 Å². The van der Waals surface area contributed by atoms with Crippen molar-refractivity contribution >= 4 is 28.9 Å². The monoisotopic (exact) mass is 570 g/mol. The van der Waals surface area contributed by atoms with Crippen LogP contribution in [0.2, 0.25) is 0 Å². The second-order valence-electron chi connectivity index (χ2n) is 11.6. The Morgan fingerprint density at radius 3 is 2.36 bits per heavy atom. The van der Waals surface area contributed by atoms with Crippen LogP contribution in [-0.4, -0.2) is 80.8 Å². The molecule has 42 heavy (non-hydrogen) atoms. The minimum absolute atomic E-state index is 0.00906. The number of nitrogens with zero attached hydrogens (tertiary/aromatic N) is 5. The zero-order valence-electron chi connectivity index (χ0n) is 26.1. The van der Waals surface area contributed by atoms with E-state index in [9.17, 15) is 4.79 Å². The Morgan fingerprint density at radius 2 is 1.76 bits per heavy atom. The summed E-state index contributed by atoms with van der Waals surface area (Å²) in [5, 5.41) is 3.60. The summed E-state index contributed by atoms with van der Waals surface area (Å²) in [5.41, 5.74) is 6.30. The van der Waals surface area contributed by atoms with E-state index in [1.54, 1.807) is 7.11 Å². The van der Waals surface area contributed by atoms with Gasteiger partial charge in [-0.1, -0.05) is 30.4 Å². The van der Waals surface area contributed by atoms with Crippen molar-refractivity contribution in [3.63, 3.8) is 0 Å². The van der Waals surface area contributed by atoms with Crippen LogP contribution in [0, 0.1) is 13.8 Å². The summed E-state index contributed by atoms with van der Waals surface area (Å²) < 4.78 is 5.84. The number of rotatable bonds is 8. The van der Waals surface area contributed by atoms with E-state index in [-0.39, 0.29) is 18.2 Å². The predicted molar refractivity (Wildman–Crippen MR) is 174 cm³/mol. The van der Waals surface area contributed by atoms with Crippen molar-refractivity contribution in [2.24, 2.45) is 4.99 Å². The van der Waals surface area contributed by atoms with Gasteiger partial charge >= 0.3 is 6.03 Å². The molecule has 2 heterocycles. The van der Waals surface area contributed by atoms with Gasteiger partial charge in [0.05, 0.1) is 25.0 Å². The van der Waals surface area contributed by atoms with Crippen molar-refractivity contribution in [1.82, 2.24) is 9.80 Å². The first-order valence-electron chi connectivity index (χ1n) is 15.3. The molecule has 3 fully saturated rings. The number of amides is 2. The number of anilines is 3. The molecular formula is C34H46N6O2. The van der Waals surface area contributed by atoms with Crippen LogP contribution in [0.25, 0.3) is 0 Å². The maximum atomic E-state index is 14.2. The molecule has 2 aliphatic heterocycles. The summed E-state index contributed by atoms with van der Waals surface area (Å²) in [4.78, 5) is 28.1. The largest absolute Gasteiger partial charge is 0.495 e. The van der Waals surface area contributed by atoms with Crippen molar-refractivity contribution in [1.29, 1.82) is 0 Å². The zero-order valence-corrected chi connectivity index (χ0v) is 26.1. The number of carbonyl (C=O) groups excluding carboxylic acids is 1. The number of urea groups is 1. The number of carbonyl (C=O) groups is 1. The molecule has 0 radical (unpaired) electrons. The topological polar surface area (TPSA) is 63.7 Å². The standard InChI is InChI=1S/C34H46N6O2/c1-7-11-31(35-29-17-16-28(22-30(29)42-6)38-20-18-37(5)19-21-38)36-33-26(8-2)23-39(32-24(3)12-9-13-25(32)4)34(41)40(33)27-14-10-15-27/h7-9,11-13,16-17,22,27,31,35H,10,14-15,18-21,23H2,1-6H3/b11-7-,26-8-,36-33+. The van der Waals surface area contributed by atoms with Gasteiger partial charge in [0.25, 0.3) is 0 Å². The van der Waals surface area contributed by atoms with Crippen LogP contribution in [0.3, 0.4) is 0 Å². The van der Waals surface area contributed by atoms with E-state index < -0.39 is 0 Å². The number of nitrogens with one attached hydrogen (secondary N) is 1. The van der Waals surface area contributed by atoms with Gasteiger partial charge in [-0.05, 0) is 83.3 Å². The van der Waals surface area contributed by atoms with Gasteiger partial charge in [0.1, 0.15) is 17.8 Å². The maximum absolute atomic E-state index is 14.2. The van der Waals surface area contributed by atoms with Crippen LogP contribution >= 0.6 is 0 Å². The van der Waals surface area contributed by atoms with Crippen molar-refractivity contribution in [3.8, 4) is 5.75 Å². The summed E-state index contributed by atoms with van der Waals surface area (Å²) in [5.74, 6) is 1.54. The second kappa shape index (κ2) is 13.0. The first kappa shape index (κ1) is 29.7. The number of aryl methyl sites for hydroxylation is 2. The normalized spacial score (nSPS) is 21.4. The number of hydrogen-bond acceptors (Lipinski definition) is 6. The van der Waals surface area contributed by atoms with Crippen molar-refractivity contribution < 1.29 is 9.53 Å². The van der Waals surface area contributed by atoms with Gasteiger partial charge < -0.3 is 19.9 Å². The smallest absolute Gasteiger partial charge is 0.330 e. The number of ether oxygens (including phenoxy) is 1. The molecule has 1 N–H and O–H groups in total. The molecule has 1 aliphatic carbocycles. The Hall–Kier alpha value is -3.78. The summed E-state index contributed by atoms with van der Waals surface area (Å²) in [6.07, 6.45) is 8.89. The molecule has 8 nitrogen and oxygen atoms in total. The van der Waals surface area contributed by atoms with Crippen LogP contribution in [-0.2, 0) is 0 Å². The van der Waals surface area contributed by atoms with Crippen molar-refractivity contribution in [2.45, 2.75) is 59.2 Å². The first-order chi connectivity index (χ1) is 20.3. The molecule has 0 spiro atoms. The van der Waals surface area contributed by atoms with Gasteiger partial charge in [0, 0.05) is 49.5 Å². The lowest BCUT2D eigenvalue weighted by Crippen LogP contribution is -2.59. The average Bonchev–Trinajstić information content (AvgIpc) is 2.95. The highest BCUT2D eigenvalue weighted by molar-refractivity contribution is 6.16. The number of amidine groups is 1. The van der Waals surface area contributed by atoms with E-state index >= 15 is 0 Å². The second-order valence-corrected chi connectivity index (χ2v) is 11.6. The number of methoxy groups -OCH3 is 1. The lowest BCUT2D eigenvalue weighted by atomic mass is 9.90. The number of allylic oxidation sites excluding steroid dienone is 2. The third kappa shape index (κ3) is 6.04. The van der Waals surface area contributed by atoms with Crippen LogP contribution in [0.1, 0.15) is 44.2 Å². The molecule has 1 atom stereocenters. The quantitative estimate of drug-likeness (QED) is 0.382. The Morgan fingerprint density at radius 1 is 1.05 bits per heavy atom. The highest BCUT2D eigenvalue weighted by Crippen LogP contribution is 2.36. The highest BCUT2D eigenvalue weighted by atomic mass is 16.5. The lowest BCUT2D eigenvalue weighted by molar-refractivity contribution is 0.186. The van der Waals surface area contributed by atoms with E-state index in [1.807, 2.05) is 35.8 Å². The third-order valence-corrected chi connectivity index (χ3v) is 8.77. The number of hydrogen-bond donors (Lipinski definition) is 1. The number of piperazine rings is 1. The number of likely N-dealkylation sites (N-methyl/N-ethyl adjacent to an activating group) is 1. The molecule has 224 valence electrons. The Labute approximate surface area is 251 Å². The molecule has 0 bridgehead atoms. The van der Waals surface area contributed by atoms with E-state index in [4.69, 9.17) is 9.73 Å². The lowest BCUT2D eigenvalue weighted by Gasteiger charge is -2.45. The fourth-order valence-corrected chi connectivity index (χ4v) is 6.09. The van der Waals surface area contributed by atoms with Crippen molar-refractivity contribution in [3.05, 3.63) is 71.3 Å². The molecule has 8 heteroatoms. The highest BCUT2D eigenvalue weighted by Gasteiger charge is 2.41. The van der Waals surface area contributed by atoms with Gasteiger partial charge in [-0.25, -0.2) is 9.79 Å². The molecule has 2 saturated heterocycles. The molecule has 3 aliphatic rings. The van der Waals surface area contributed by atoms with E-state index in [1.165, 1.54) is 0 Å². The van der Waals surface area contributed by atoms with E-state index in [2.05, 4.69) is 78.5 Å². The van der Waals surface area contributed by atoms with Gasteiger partial charge in [0.2, 0.25) is 0 Å². The SMILES string of the molecule is C/C=C\C(/N=C1\C(=C/C)CN(c2c(C)cccc2C)C(=O)N1C1CCC1)Nc1ccc(N2CCN(C)CC2)cc1OC. The molecular weight excluding hydrogens is 524 g/mol. The van der Waals surface area contributed by atoms with Gasteiger partial charge in [0.15, 0.2) is 0 Å². The molecule has 1 saturated carbocycles. The van der Waals surface area contributed by atoms with Crippen LogP contribution < -0.4 is 19.9 Å². The average molecular weight is 571 g/mol. The number of aliphatic imine (C=N–C) groups is 1. The molecule has 2 amide bonds. The molecule has 1 unspecified atom stereocenters. The predicted octanol–water partition coefficient (Wildman–Crippen LogP) is 6.22.